The third-order valence-corrected chi connectivity index (χ3v) is 3.26. The molecule has 1 saturated heterocycles. The standard InChI is InChI=1S/C12H16N4O3/c13-9-2-1-5-15(7-9)11-6-8(12(14)17)3-4-10(11)16(18)19/h3-4,6,9H,1-2,5,7,13H2,(H2,14,17)/t9-/m1/s1. The van der Waals surface area contributed by atoms with Crippen LogP contribution in [-0.2, 0) is 0 Å². The maximum Gasteiger partial charge on any atom is 0.292 e. The number of hydrogen-bond donors (Lipinski definition) is 2. The molecule has 0 radical (unpaired) electrons. The van der Waals surface area contributed by atoms with Crippen molar-refractivity contribution in [2.75, 3.05) is 18.0 Å². The molecular formula is C12H16N4O3. The maximum absolute atomic E-state index is 11.2. The van der Waals surface area contributed by atoms with Gasteiger partial charge < -0.3 is 16.4 Å². The molecule has 1 aromatic rings. The van der Waals surface area contributed by atoms with Crippen LogP contribution in [0.2, 0.25) is 0 Å². The largest absolute Gasteiger partial charge is 0.366 e. The molecule has 1 heterocycles. The number of nitro benzene ring substituents is 1. The number of carbonyl (C=O) groups is 1. The minimum absolute atomic E-state index is 0.00871. The molecule has 2 rings (SSSR count). The van der Waals surface area contributed by atoms with E-state index in [1.54, 1.807) is 0 Å². The van der Waals surface area contributed by atoms with Gasteiger partial charge in [-0.25, -0.2) is 0 Å². The lowest BCUT2D eigenvalue weighted by Crippen LogP contribution is -2.43. The summed E-state index contributed by atoms with van der Waals surface area (Å²) in [6.45, 7) is 1.24. The van der Waals surface area contributed by atoms with Crippen LogP contribution in [0.4, 0.5) is 11.4 Å². The second-order valence-corrected chi connectivity index (χ2v) is 4.67. The molecule has 4 N–H and O–H groups in total. The van der Waals surface area contributed by atoms with E-state index in [2.05, 4.69) is 0 Å². The normalized spacial score (nSPS) is 19.2. The highest BCUT2D eigenvalue weighted by molar-refractivity contribution is 5.94. The van der Waals surface area contributed by atoms with Crippen molar-refractivity contribution in [2.24, 2.45) is 11.5 Å². The van der Waals surface area contributed by atoms with Crippen LogP contribution in [-0.4, -0.2) is 30.0 Å². The number of rotatable bonds is 3. The molecule has 102 valence electrons. The Balaban J connectivity index is 2.42. The number of hydrogen-bond acceptors (Lipinski definition) is 5. The quantitative estimate of drug-likeness (QED) is 0.613. The lowest BCUT2D eigenvalue weighted by Gasteiger charge is -2.32. The van der Waals surface area contributed by atoms with E-state index in [4.69, 9.17) is 11.5 Å². The SMILES string of the molecule is NC(=O)c1ccc([N+](=O)[O-])c(N2CCC[C@@H](N)C2)c1. The fourth-order valence-corrected chi connectivity index (χ4v) is 2.31. The van der Waals surface area contributed by atoms with Crippen molar-refractivity contribution in [2.45, 2.75) is 18.9 Å². The summed E-state index contributed by atoms with van der Waals surface area (Å²) in [5.74, 6) is -0.600. The van der Waals surface area contributed by atoms with E-state index >= 15 is 0 Å². The first-order chi connectivity index (χ1) is 8.99. The summed E-state index contributed by atoms with van der Waals surface area (Å²) < 4.78 is 0. The number of amides is 1. The highest BCUT2D eigenvalue weighted by atomic mass is 16.6. The van der Waals surface area contributed by atoms with E-state index in [9.17, 15) is 14.9 Å². The third kappa shape index (κ3) is 2.82. The van der Waals surface area contributed by atoms with E-state index in [0.29, 0.717) is 18.8 Å². The Bertz CT molecular complexity index is 518. The molecule has 1 fully saturated rings. The first-order valence-corrected chi connectivity index (χ1v) is 6.08. The second kappa shape index (κ2) is 5.23. The van der Waals surface area contributed by atoms with Crippen LogP contribution in [0.1, 0.15) is 23.2 Å². The topological polar surface area (TPSA) is 115 Å². The molecule has 7 nitrogen and oxygen atoms in total. The molecule has 0 saturated carbocycles. The zero-order valence-corrected chi connectivity index (χ0v) is 10.4. The molecule has 0 unspecified atom stereocenters. The molecule has 1 aromatic carbocycles. The Morgan fingerprint density at radius 3 is 2.79 bits per heavy atom. The molecule has 1 amide bonds. The lowest BCUT2D eigenvalue weighted by atomic mass is 10.0. The molecule has 0 aliphatic carbocycles. The molecule has 1 aliphatic rings. The van der Waals surface area contributed by atoms with Gasteiger partial charge in [0.1, 0.15) is 5.69 Å². The Morgan fingerprint density at radius 2 is 2.21 bits per heavy atom. The first kappa shape index (κ1) is 13.3. The predicted molar refractivity (Wildman–Crippen MR) is 71.0 cm³/mol. The zero-order valence-electron chi connectivity index (χ0n) is 10.4. The highest BCUT2D eigenvalue weighted by Gasteiger charge is 2.24. The van der Waals surface area contributed by atoms with Crippen molar-refractivity contribution in [1.29, 1.82) is 0 Å². The molecule has 7 heteroatoms. The summed E-state index contributed by atoms with van der Waals surface area (Å²) in [5.41, 5.74) is 11.7. The number of nitrogens with two attached hydrogens (primary N) is 2. The van der Waals surface area contributed by atoms with Gasteiger partial charge in [-0.05, 0) is 25.0 Å². The van der Waals surface area contributed by atoms with E-state index in [0.717, 1.165) is 12.8 Å². The van der Waals surface area contributed by atoms with Gasteiger partial charge in [0.2, 0.25) is 5.91 Å². The van der Waals surface area contributed by atoms with E-state index in [-0.39, 0.29) is 17.3 Å². The molecule has 19 heavy (non-hydrogen) atoms. The number of nitrogens with zero attached hydrogens (tertiary/aromatic N) is 2. The Morgan fingerprint density at radius 1 is 1.47 bits per heavy atom. The number of anilines is 1. The van der Waals surface area contributed by atoms with E-state index in [1.807, 2.05) is 4.90 Å². The highest BCUT2D eigenvalue weighted by Crippen LogP contribution is 2.31. The zero-order chi connectivity index (χ0) is 14.0. The second-order valence-electron chi connectivity index (χ2n) is 4.67. The van der Waals surface area contributed by atoms with Gasteiger partial charge in [0, 0.05) is 30.8 Å². The number of carbonyl (C=O) groups excluding carboxylic acids is 1. The number of nitro groups is 1. The van der Waals surface area contributed by atoms with Crippen LogP contribution in [0.5, 0.6) is 0 Å². The number of piperidine rings is 1. The van der Waals surface area contributed by atoms with Crippen molar-refractivity contribution in [3.8, 4) is 0 Å². The minimum Gasteiger partial charge on any atom is -0.366 e. The van der Waals surface area contributed by atoms with Gasteiger partial charge in [0.05, 0.1) is 4.92 Å². The summed E-state index contributed by atoms with van der Waals surface area (Å²) in [6, 6.07) is 4.15. The molecular weight excluding hydrogens is 248 g/mol. The van der Waals surface area contributed by atoms with Crippen LogP contribution in [0.3, 0.4) is 0 Å². The summed E-state index contributed by atoms with van der Waals surface area (Å²) in [5, 5.41) is 11.1. The van der Waals surface area contributed by atoms with Crippen molar-refractivity contribution < 1.29 is 9.72 Å². The first-order valence-electron chi connectivity index (χ1n) is 6.08. The van der Waals surface area contributed by atoms with Crippen molar-refractivity contribution in [3.05, 3.63) is 33.9 Å². The van der Waals surface area contributed by atoms with Gasteiger partial charge in [0.25, 0.3) is 5.69 Å². The van der Waals surface area contributed by atoms with Crippen LogP contribution in [0.15, 0.2) is 18.2 Å². The molecule has 0 spiro atoms. The molecule has 1 atom stereocenters. The van der Waals surface area contributed by atoms with Gasteiger partial charge >= 0.3 is 0 Å². The van der Waals surface area contributed by atoms with E-state index in [1.165, 1.54) is 18.2 Å². The smallest absolute Gasteiger partial charge is 0.292 e. The number of primary amides is 1. The van der Waals surface area contributed by atoms with Gasteiger partial charge in [-0.15, -0.1) is 0 Å². The lowest BCUT2D eigenvalue weighted by molar-refractivity contribution is -0.384. The Hall–Kier alpha value is -2.15. The van der Waals surface area contributed by atoms with Crippen LogP contribution in [0, 0.1) is 10.1 Å². The fourth-order valence-electron chi connectivity index (χ4n) is 2.31. The van der Waals surface area contributed by atoms with Gasteiger partial charge in [-0.1, -0.05) is 0 Å². The minimum atomic E-state index is -0.600. The average molecular weight is 264 g/mol. The van der Waals surface area contributed by atoms with Crippen LogP contribution < -0.4 is 16.4 Å². The van der Waals surface area contributed by atoms with Crippen molar-refractivity contribution >= 4 is 17.3 Å². The Kier molecular flexibility index (Phi) is 3.66. The molecule has 0 aromatic heterocycles. The summed E-state index contributed by atoms with van der Waals surface area (Å²) in [6.07, 6.45) is 1.78. The monoisotopic (exact) mass is 264 g/mol. The molecule has 0 bridgehead atoms. The predicted octanol–water partition coefficient (Wildman–Crippen LogP) is 0.621. The fraction of sp³-hybridized carbons (Fsp3) is 0.417. The maximum atomic E-state index is 11.2. The van der Waals surface area contributed by atoms with Gasteiger partial charge in [0.15, 0.2) is 0 Å². The third-order valence-electron chi connectivity index (χ3n) is 3.26. The van der Waals surface area contributed by atoms with Crippen LogP contribution in [0.25, 0.3) is 0 Å². The van der Waals surface area contributed by atoms with Crippen molar-refractivity contribution in [3.63, 3.8) is 0 Å². The summed E-state index contributed by atoms with van der Waals surface area (Å²) >= 11 is 0. The van der Waals surface area contributed by atoms with Crippen molar-refractivity contribution in [1.82, 2.24) is 0 Å². The average Bonchev–Trinajstić information content (AvgIpc) is 2.37. The number of benzene rings is 1. The van der Waals surface area contributed by atoms with Crippen LogP contribution >= 0.6 is 0 Å². The summed E-state index contributed by atoms with van der Waals surface area (Å²) in [4.78, 5) is 23.6. The summed E-state index contributed by atoms with van der Waals surface area (Å²) in [7, 11) is 0. The molecule has 1 aliphatic heterocycles. The Labute approximate surface area is 110 Å². The van der Waals surface area contributed by atoms with Gasteiger partial charge in [-0.2, -0.15) is 0 Å². The van der Waals surface area contributed by atoms with E-state index < -0.39 is 10.8 Å². The van der Waals surface area contributed by atoms with Gasteiger partial charge in [-0.3, -0.25) is 14.9 Å².